The second-order valence-electron chi connectivity index (χ2n) is 13.2. The number of hydrogen-bond donors (Lipinski definition) is 0. The van der Waals surface area contributed by atoms with E-state index >= 15 is 0 Å². The van der Waals surface area contributed by atoms with Crippen LogP contribution >= 0.6 is 0 Å². The smallest absolute Gasteiger partial charge is 0.167 e. The summed E-state index contributed by atoms with van der Waals surface area (Å²) in [6.45, 7) is 0. The van der Waals surface area contributed by atoms with Crippen LogP contribution in [0.5, 0.6) is 0 Å². The molecule has 0 saturated heterocycles. The summed E-state index contributed by atoms with van der Waals surface area (Å²) in [4.78, 5) is 15.2. The molecule has 10 aromatic rings. The van der Waals surface area contributed by atoms with E-state index in [1.54, 1.807) is 0 Å². The van der Waals surface area contributed by atoms with E-state index < -0.39 is 0 Å². The lowest BCUT2D eigenvalue weighted by molar-refractivity contribution is 0.670. The average Bonchev–Trinajstić information content (AvgIpc) is 3.64. The van der Waals surface area contributed by atoms with Gasteiger partial charge in [0.1, 0.15) is 11.2 Å². The van der Waals surface area contributed by atoms with Crippen LogP contribution in [0.1, 0.15) is 0 Å². The Morgan fingerprint density at radius 2 is 0.830 bits per heavy atom. The van der Waals surface area contributed by atoms with Gasteiger partial charge in [-0.3, -0.25) is 0 Å². The second-order valence-corrected chi connectivity index (χ2v) is 13.2. The zero-order chi connectivity index (χ0) is 35.1. The van der Waals surface area contributed by atoms with Gasteiger partial charge in [-0.15, -0.1) is 0 Å². The SMILES string of the molecule is c1ccc(-c2cc(-c3ccccc3)c3oc4c(-c5nc(-c6ccccc6)nc(-c6ccccc6)n5)ccc(-c5cccc6ccccc56)c4c3c2)cc1. The molecule has 10 rings (SSSR count). The highest BCUT2D eigenvalue weighted by Crippen LogP contribution is 2.47. The molecular weight excluding hydrogens is 647 g/mol. The monoisotopic (exact) mass is 677 g/mol. The zero-order valence-corrected chi connectivity index (χ0v) is 28.6. The average molecular weight is 678 g/mol. The molecule has 8 aromatic carbocycles. The van der Waals surface area contributed by atoms with Crippen LogP contribution in [0.15, 0.2) is 192 Å². The molecule has 0 atom stereocenters. The third-order valence-electron chi connectivity index (χ3n) is 9.93. The van der Waals surface area contributed by atoms with Crippen molar-refractivity contribution in [3.8, 4) is 67.5 Å². The van der Waals surface area contributed by atoms with Gasteiger partial charge in [0.2, 0.25) is 0 Å². The van der Waals surface area contributed by atoms with Crippen LogP contribution in [0, 0.1) is 0 Å². The van der Waals surface area contributed by atoms with Crippen LogP contribution < -0.4 is 0 Å². The predicted molar refractivity (Wildman–Crippen MR) is 217 cm³/mol. The minimum absolute atomic E-state index is 0.552. The first-order valence-electron chi connectivity index (χ1n) is 17.8. The van der Waals surface area contributed by atoms with Crippen molar-refractivity contribution in [2.45, 2.75) is 0 Å². The quantitative estimate of drug-likeness (QED) is 0.176. The van der Waals surface area contributed by atoms with Gasteiger partial charge in [0, 0.05) is 27.5 Å². The van der Waals surface area contributed by atoms with Gasteiger partial charge in [-0.25, -0.2) is 15.0 Å². The number of fused-ring (bicyclic) bond motifs is 4. The fourth-order valence-electron chi connectivity index (χ4n) is 7.40. The lowest BCUT2D eigenvalue weighted by Crippen LogP contribution is -2.00. The number of nitrogens with zero attached hydrogens (tertiary/aromatic N) is 3. The molecule has 0 aliphatic heterocycles. The van der Waals surface area contributed by atoms with E-state index in [2.05, 4.69) is 121 Å². The van der Waals surface area contributed by atoms with E-state index in [-0.39, 0.29) is 0 Å². The maximum Gasteiger partial charge on any atom is 0.167 e. The molecule has 0 N–H and O–H groups in total. The summed E-state index contributed by atoms with van der Waals surface area (Å²) in [5.74, 6) is 1.76. The van der Waals surface area contributed by atoms with Crippen molar-refractivity contribution < 1.29 is 4.42 Å². The largest absolute Gasteiger partial charge is 0.455 e. The fraction of sp³-hybridized carbons (Fsp3) is 0. The Hall–Kier alpha value is -7.17. The maximum absolute atomic E-state index is 7.18. The van der Waals surface area contributed by atoms with E-state index in [1.165, 1.54) is 10.8 Å². The molecular formula is C49H31N3O. The predicted octanol–water partition coefficient (Wildman–Crippen LogP) is 12.9. The normalized spacial score (nSPS) is 11.4. The van der Waals surface area contributed by atoms with Gasteiger partial charge in [0.15, 0.2) is 17.5 Å². The van der Waals surface area contributed by atoms with Gasteiger partial charge < -0.3 is 4.42 Å². The standard InChI is InChI=1S/C49H31N3O/c1-5-16-32(17-6-1)37-30-42(34-18-7-2-8-19-34)45-43(31-37)44-40(39-27-15-25-33-20-13-14-26-38(33)39)28-29-41(46(44)53-45)49-51-47(35-21-9-3-10-22-35)50-48(52-49)36-23-11-4-12-24-36/h1-31H. The lowest BCUT2D eigenvalue weighted by Gasteiger charge is -2.12. The molecule has 2 heterocycles. The minimum Gasteiger partial charge on any atom is -0.455 e. The summed E-state index contributed by atoms with van der Waals surface area (Å²) in [7, 11) is 0. The van der Waals surface area contributed by atoms with Gasteiger partial charge >= 0.3 is 0 Å². The van der Waals surface area contributed by atoms with E-state index in [0.717, 1.165) is 72.0 Å². The third kappa shape index (κ3) is 5.45. The van der Waals surface area contributed by atoms with Crippen LogP contribution in [0.4, 0.5) is 0 Å². The summed E-state index contributed by atoms with van der Waals surface area (Å²) in [6, 6.07) is 65.1. The van der Waals surface area contributed by atoms with Crippen molar-refractivity contribution >= 4 is 32.7 Å². The molecule has 0 spiro atoms. The molecule has 4 heteroatoms. The number of hydrogen-bond acceptors (Lipinski definition) is 4. The second kappa shape index (κ2) is 12.9. The van der Waals surface area contributed by atoms with E-state index in [4.69, 9.17) is 19.4 Å². The summed E-state index contributed by atoms with van der Waals surface area (Å²) >= 11 is 0. The molecule has 0 unspecified atom stereocenters. The third-order valence-corrected chi connectivity index (χ3v) is 9.93. The van der Waals surface area contributed by atoms with Crippen molar-refractivity contribution in [3.63, 3.8) is 0 Å². The lowest BCUT2D eigenvalue weighted by atomic mass is 9.91. The highest BCUT2D eigenvalue weighted by molar-refractivity contribution is 6.21. The zero-order valence-electron chi connectivity index (χ0n) is 28.6. The van der Waals surface area contributed by atoms with Crippen molar-refractivity contribution in [2.24, 2.45) is 0 Å². The van der Waals surface area contributed by atoms with Crippen LogP contribution in [0.25, 0.3) is 100 Å². The van der Waals surface area contributed by atoms with Crippen molar-refractivity contribution in [1.29, 1.82) is 0 Å². The van der Waals surface area contributed by atoms with Crippen LogP contribution in [-0.2, 0) is 0 Å². The maximum atomic E-state index is 7.18. The number of aromatic nitrogens is 3. The number of rotatable bonds is 6. The van der Waals surface area contributed by atoms with Gasteiger partial charge in [0.25, 0.3) is 0 Å². The van der Waals surface area contributed by atoms with Gasteiger partial charge in [-0.1, -0.05) is 170 Å². The van der Waals surface area contributed by atoms with Crippen molar-refractivity contribution in [3.05, 3.63) is 188 Å². The Bertz CT molecular complexity index is 2860. The summed E-state index contributed by atoms with van der Waals surface area (Å²) in [5, 5.41) is 4.42. The number of benzene rings is 8. The highest BCUT2D eigenvalue weighted by Gasteiger charge is 2.24. The first-order chi connectivity index (χ1) is 26.3. The molecule has 0 radical (unpaired) electrons. The van der Waals surface area contributed by atoms with Gasteiger partial charge in [-0.2, -0.15) is 0 Å². The van der Waals surface area contributed by atoms with Crippen molar-refractivity contribution in [2.75, 3.05) is 0 Å². The fourth-order valence-corrected chi connectivity index (χ4v) is 7.40. The Morgan fingerprint density at radius 3 is 1.49 bits per heavy atom. The molecule has 53 heavy (non-hydrogen) atoms. The molecule has 0 saturated carbocycles. The first kappa shape index (κ1) is 30.6. The van der Waals surface area contributed by atoms with Crippen LogP contribution in [-0.4, -0.2) is 15.0 Å². The van der Waals surface area contributed by atoms with E-state index in [1.807, 2.05) is 66.7 Å². The molecule has 4 nitrogen and oxygen atoms in total. The summed E-state index contributed by atoms with van der Waals surface area (Å²) in [6.07, 6.45) is 0. The Morgan fingerprint density at radius 1 is 0.302 bits per heavy atom. The molecule has 2 aromatic heterocycles. The van der Waals surface area contributed by atoms with Gasteiger partial charge in [0.05, 0.1) is 5.56 Å². The van der Waals surface area contributed by atoms with Crippen LogP contribution in [0.3, 0.4) is 0 Å². The van der Waals surface area contributed by atoms with E-state index in [9.17, 15) is 0 Å². The van der Waals surface area contributed by atoms with Crippen LogP contribution in [0.2, 0.25) is 0 Å². The molecule has 0 bridgehead atoms. The minimum atomic E-state index is 0.552. The van der Waals surface area contributed by atoms with E-state index in [0.29, 0.717) is 17.5 Å². The topological polar surface area (TPSA) is 51.8 Å². The summed E-state index contributed by atoms with van der Waals surface area (Å²) < 4.78 is 7.18. The molecule has 0 amide bonds. The molecule has 0 aliphatic carbocycles. The summed E-state index contributed by atoms with van der Waals surface area (Å²) in [5.41, 5.74) is 10.8. The highest BCUT2D eigenvalue weighted by atomic mass is 16.3. The van der Waals surface area contributed by atoms with Gasteiger partial charge in [-0.05, 0) is 56.8 Å². The molecule has 0 fully saturated rings. The van der Waals surface area contributed by atoms with Crippen molar-refractivity contribution in [1.82, 2.24) is 15.0 Å². The molecule has 248 valence electrons. The molecule has 0 aliphatic rings. The Labute approximate surface area is 306 Å². The Balaban J connectivity index is 1.33. The first-order valence-corrected chi connectivity index (χ1v) is 17.8. The number of furan rings is 1. The Kier molecular flexibility index (Phi) is 7.43.